The molecule has 0 saturated heterocycles. The molecule has 0 atom stereocenters. The zero-order chi connectivity index (χ0) is 21.4. The highest BCUT2D eigenvalue weighted by Crippen LogP contribution is 2.24. The van der Waals surface area contributed by atoms with Gasteiger partial charge in [0.1, 0.15) is 11.3 Å². The zero-order valence-electron chi connectivity index (χ0n) is 17.5. The molecule has 0 fully saturated rings. The number of aryl methyl sites for hydroxylation is 3. The van der Waals surface area contributed by atoms with Gasteiger partial charge in [-0.15, -0.1) is 0 Å². The third-order valence-corrected chi connectivity index (χ3v) is 5.44. The minimum atomic E-state index is -0.422. The molecule has 0 aliphatic heterocycles. The smallest absolute Gasteiger partial charge is 0.336 e. The van der Waals surface area contributed by atoms with E-state index in [0.717, 1.165) is 22.5 Å². The third-order valence-electron chi connectivity index (χ3n) is 5.44. The molecule has 0 amide bonds. The summed E-state index contributed by atoms with van der Waals surface area (Å²) in [5, 5.41) is 0.796. The van der Waals surface area contributed by atoms with Gasteiger partial charge in [0.2, 0.25) is 5.78 Å². The van der Waals surface area contributed by atoms with Crippen LogP contribution in [0.25, 0.3) is 16.7 Å². The number of hydrogen-bond acceptors (Lipinski definition) is 4. The predicted molar refractivity (Wildman–Crippen MR) is 117 cm³/mol. The normalized spacial score (nSPS) is 11.1. The van der Waals surface area contributed by atoms with E-state index in [2.05, 4.69) is 36.6 Å². The lowest BCUT2D eigenvalue weighted by Crippen LogP contribution is -2.12. The number of fused-ring (bicyclic) bond motifs is 1. The number of benzene rings is 2. The second kappa shape index (κ2) is 7.67. The molecule has 4 aromatic rings. The monoisotopic (exact) mass is 401 g/mol. The van der Waals surface area contributed by atoms with Crippen LogP contribution in [0.3, 0.4) is 0 Å². The molecule has 0 aliphatic carbocycles. The quantitative estimate of drug-likeness (QED) is 0.346. The number of ketones is 1. The maximum Gasteiger partial charge on any atom is 0.336 e. The topological polar surface area (TPSA) is 61.4 Å². The Morgan fingerprint density at radius 2 is 1.70 bits per heavy atom. The van der Waals surface area contributed by atoms with E-state index >= 15 is 0 Å². The summed E-state index contributed by atoms with van der Waals surface area (Å²) < 4.78 is 13.0. The van der Waals surface area contributed by atoms with Gasteiger partial charge in [-0.2, -0.15) is 0 Å². The fourth-order valence-corrected chi connectivity index (χ4v) is 3.66. The van der Waals surface area contributed by atoms with Crippen LogP contribution in [0.4, 0.5) is 0 Å². The second-order valence-corrected chi connectivity index (χ2v) is 7.55. The van der Waals surface area contributed by atoms with Crippen LogP contribution in [0.15, 0.2) is 63.8 Å². The van der Waals surface area contributed by atoms with E-state index in [-0.39, 0.29) is 12.4 Å². The average Bonchev–Trinajstić information content (AvgIpc) is 3.02. The van der Waals surface area contributed by atoms with Crippen molar-refractivity contribution in [1.82, 2.24) is 4.57 Å². The van der Waals surface area contributed by atoms with Crippen LogP contribution in [0.5, 0.6) is 5.75 Å². The van der Waals surface area contributed by atoms with E-state index in [0.29, 0.717) is 16.9 Å². The van der Waals surface area contributed by atoms with Gasteiger partial charge >= 0.3 is 5.63 Å². The van der Waals surface area contributed by atoms with Gasteiger partial charge in [-0.3, -0.25) is 4.79 Å². The van der Waals surface area contributed by atoms with Crippen molar-refractivity contribution in [3.63, 3.8) is 0 Å². The van der Waals surface area contributed by atoms with Gasteiger partial charge < -0.3 is 13.7 Å². The van der Waals surface area contributed by atoms with Crippen molar-refractivity contribution in [3.05, 3.63) is 93.1 Å². The van der Waals surface area contributed by atoms with Crippen molar-refractivity contribution in [2.75, 3.05) is 6.61 Å². The van der Waals surface area contributed by atoms with E-state index in [1.807, 2.05) is 19.9 Å². The van der Waals surface area contributed by atoms with Crippen LogP contribution >= 0.6 is 0 Å². The fraction of sp³-hybridized carbons (Fsp3) is 0.200. The molecule has 4 rings (SSSR count). The summed E-state index contributed by atoms with van der Waals surface area (Å²) in [5.41, 5.74) is 6.00. The lowest BCUT2D eigenvalue weighted by molar-refractivity contribution is 0.0921. The first-order valence-corrected chi connectivity index (χ1v) is 9.80. The number of ether oxygens (including phenoxy) is 1. The van der Waals surface area contributed by atoms with Gasteiger partial charge in [0, 0.05) is 40.2 Å². The van der Waals surface area contributed by atoms with Crippen LogP contribution in [-0.2, 0) is 0 Å². The predicted octanol–water partition coefficient (Wildman–Crippen LogP) is 5.08. The molecule has 2 aromatic carbocycles. The lowest BCUT2D eigenvalue weighted by Gasteiger charge is -2.12. The van der Waals surface area contributed by atoms with Crippen molar-refractivity contribution in [2.24, 2.45) is 0 Å². The number of rotatable bonds is 5. The Morgan fingerprint density at radius 3 is 2.47 bits per heavy atom. The van der Waals surface area contributed by atoms with Crippen LogP contribution < -0.4 is 10.4 Å². The molecule has 2 heterocycles. The number of carbonyl (C=O) groups excluding carboxylic acids is 1. The first-order valence-electron chi connectivity index (χ1n) is 9.80. The van der Waals surface area contributed by atoms with Crippen molar-refractivity contribution in [3.8, 4) is 11.4 Å². The molecule has 5 heteroatoms. The summed E-state index contributed by atoms with van der Waals surface area (Å²) in [6.07, 6.45) is 0. The summed E-state index contributed by atoms with van der Waals surface area (Å²) in [6.45, 7) is 8.00. The summed E-state index contributed by atoms with van der Waals surface area (Å²) in [6, 6.07) is 16.4. The standard InChI is InChI=1S/C25H23NO4/c1-15-5-8-20(11-16(15)2)26-17(3)12-22(18(26)4)23(27)14-29-21-9-6-19-7-10-25(28)30-24(19)13-21/h5-13H,14H2,1-4H3. The van der Waals surface area contributed by atoms with E-state index in [1.165, 1.54) is 17.2 Å². The second-order valence-electron chi connectivity index (χ2n) is 7.55. The maximum atomic E-state index is 12.9. The summed E-state index contributed by atoms with van der Waals surface area (Å²) in [4.78, 5) is 24.3. The Labute approximate surface area is 174 Å². The largest absolute Gasteiger partial charge is 0.485 e. The van der Waals surface area contributed by atoms with E-state index in [9.17, 15) is 9.59 Å². The Kier molecular flexibility index (Phi) is 5.04. The van der Waals surface area contributed by atoms with Crippen molar-refractivity contribution >= 4 is 16.8 Å². The third kappa shape index (κ3) is 3.66. The molecule has 2 aromatic heterocycles. The summed E-state index contributed by atoms with van der Waals surface area (Å²) in [7, 11) is 0. The highest BCUT2D eigenvalue weighted by atomic mass is 16.5. The highest BCUT2D eigenvalue weighted by Gasteiger charge is 2.17. The summed E-state index contributed by atoms with van der Waals surface area (Å²) in [5.74, 6) is 0.376. The van der Waals surface area contributed by atoms with Gasteiger partial charge in [-0.05, 0) is 75.2 Å². The molecule has 152 valence electrons. The Hall–Kier alpha value is -3.60. The van der Waals surface area contributed by atoms with E-state index < -0.39 is 5.63 Å². The number of carbonyl (C=O) groups is 1. The summed E-state index contributed by atoms with van der Waals surface area (Å²) >= 11 is 0. The molecule has 0 N–H and O–H groups in total. The van der Waals surface area contributed by atoms with Crippen molar-refractivity contribution < 1.29 is 13.9 Å². The molecule has 0 saturated carbocycles. The molecule has 0 bridgehead atoms. The minimum absolute atomic E-state index is 0.0974. The molecular formula is C25H23NO4. The van der Waals surface area contributed by atoms with Gasteiger partial charge in [0.25, 0.3) is 0 Å². The van der Waals surface area contributed by atoms with Gasteiger partial charge in [0.15, 0.2) is 6.61 Å². The fourth-order valence-electron chi connectivity index (χ4n) is 3.66. The van der Waals surface area contributed by atoms with Gasteiger partial charge in [-0.1, -0.05) is 6.07 Å². The molecule has 0 spiro atoms. The molecule has 5 nitrogen and oxygen atoms in total. The zero-order valence-corrected chi connectivity index (χ0v) is 17.5. The van der Waals surface area contributed by atoms with Crippen molar-refractivity contribution in [1.29, 1.82) is 0 Å². The molecular weight excluding hydrogens is 378 g/mol. The SMILES string of the molecule is Cc1ccc(-n2c(C)cc(C(=O)COc3ccc4ccc(=O)oc4c3)c2C)cc1C. The van der Waals surface area contributed by atoms with Crippen LogP contribution in [0.2, 0.25) is 0 Å². The number of Topliss-reactive ketones (excluding diaryl/α,β-unsaturated/α-hetero) is 1. The van der Waals surface area contributed by atoms with Crippen molar-refractivity contribution in [2.45, 2.75) is 27.7 Å². The maximum absolute atomic E-state index is 12.9. The van der Waals surface area contributed by atoms with Gasteiger partial charge in [-0.25, -0.2) is 4.79 Å². The van der Waals surface area contributed by atoms with Crippen LogP contribution in [0.1, 0.15) is 32.9 Å². The molecule has 0 unspecified atom stereocenters. The molecule has 30 heavy (non-hydrogen) atoms. The Bertz CT molecular complexity index is 1330. The molecule has 0 aliphatic rings. The van der Waals surface area contributed by atoms with Crippen LogP contribution in [-0.4, -0.2) is 17.0 Å². The Morgan fingerprint density at radius 1 is 0.933 bits per heavy atom. The average molecular weight is 401 g/mol. The van der Waals surface area contributed by atoms with E-state index in [1.54, 1.807) is 24.3 Å². The first-order chi connectivity index (χ1) is 14.3. The minimum Gasteiger partial charge on any atom is -0.485 e. The Balaban J connectivity index is 1.57. The lowest BCUT2D eigenvalue weighted by atomic mass is 10.1. The van der Waals surface area contributed by atoms with Crippen LogP contribution in [0, 0.1) is 27.7 Å². The van der Waals surface area contributed by atoms with E-state index in [4.69, 9.17) is 9.15 Å². The highest BCUT2D eigenvalue weighted by molar-refractivity contribution is 5.98. The number of hydrogen-bond donors (Lipinski definition) is 0. The van der Waals surface area contributed by atoms with Gasteiger partial charge in [0.05, 0.1) is 0 Å². The molecule has 0 radical (unpaired) electrons. The first kappa shape index (κ1) is 19.7. The number of aromatic nitrogens is 1. The number of nitrogens with zero attached hydrogens (tertiary/aromatic N) is 1.